The highest BCUT2D eigenvalue weighted by Gasteiger charge is 2.21. The molecule has 0 bridgehead atoms. The maximum absolute atomic E-state index is 12.0. The van der Waals surface area contributed by atoms with Gasteiger partial charge in [-0.3, -0.25) is 4.79 Å². The number of aliphatic imine (C=N–C) groups is 1. The van der Waals surface area contributed by atoms with Crippen LogP contribution in [0.3, 0.4) is 0 Å². The number of amides is 1. The van der Waals surface area contributed by atoms with Crippen molar-refractivity contribution in [2.45, 2.75) is 50.6 Å². The lowest BCUT2D eigenvalue weighted by molar-refractivity contribution is -0.120. The van der Waals surface area contributed by atoms with Gasteiger partial charge in [-0.05, 0) is 18.9 Å². The van der Waals surface area contributed by atoms with Crippen LogP contribution in [-0.2, 0) is 4.79 Å². The molecule has 1 aromatic carbocycles. The molecule has 3 rings (SSSR count). The molecule has 1 aromatic rings. The molecular weight excluding hydrogens is 304 g/mol. The van der Waals surface area contributed by atoms with Crippen LogP contribution in [0.5, 0.6) is 5.75 Å². The number of benzene rings is 1. The van der Waals surface area contributed by atoms with E-state index in [2.05, 4.69) is 15.6 Å². The van der Waals surface area contributed by atoms with E-state index in [9.17, 15) is 4.79 Å². The smallest absolute Gasteiger partial charge is 0.242 e. The first-order valence-corrected chi connectivity index (χ1v) is 8.80. The summed E-state index contributed by atoms with van der Waals surface area (Å²) >= 11 is 0. The van der Waals surface area contributed by atoms with Gasteiger partial charge in [0.05, 0.1) is 12.6 Å². The van der Waals surface area contributed by atoms with Crippen molar-refractivity contribution in [1.29, 1.82) is 0 Å². The number of carbonyl (C=O) groups excluding carboxylic acids is 1. The predicted molar refractivity (Wildman–Crippen MR) is 93.9 cm³/mol. The lowest BCUT2D eigenvalue weighted by Gasteiger charge is -2.27. The zero-order valence-electron chi connectivity index (χ0n) is 14.0. The fraction of sp³-hybridized carbons (Fsp3) is 0.556. The average Bonchev–Trinajstić information content (AvgIpc) is 2.61. The van der Waals surface area contributed by atoms with Gasteiger partial charge in [-0.2, -0.15) is 0 Å². The van der Waals surface area contributed by atoms with Crippen molar-refractivity contribution in [3.63, 3.8) is 0 Å². The van der Waals surface area contributed by atoms with Gasteiger partial charge >= 0.3 is 0 Å². The predicted octanol–water partition coefficient (Wildman–Crippen LogP) is 1.86. The Morgan fingerprint density at radius 1 is 1.17 bits per heavy atom. The molecule has 0 radical (unpaired) electrons. The Hall–Kier alpha value is -2.24. The number of ether oxygens (including phenoxy) is 1. The van der Waals surface area contributed by atoms with Crippen LogP contribution in [-0.4, -0.2) is 31.1 Å². The summed E-state index contributed by atoms with van der Waals surface area (Å²) in [7, 11) is 0. The monoisotopic (exact) mass is 330 g/mol. The molecule has 1 saturated carbocycles. The zero-order valence-corrected chi connectivity index (χ0v) is 14.0. The fourth-order valence-electron chi connectivity index (χ4n) is 3.39. The van der Waals surface area contributed by atoms with Crippen LogP contribution in [0.4, 0.5) is 0 Å². The molecule has 0 saturated heterocycles. The Balaban J connectivity index is 1.50. The fourth-order valence-corrected chi connectivity index (χ4v) is 3.39. The van der Waals surface area contributed by atoms with Gasteiger partial charge in [-0.15, -0.1) is 0 Å². The minimum Gasteiger partial charge on any atom is -0.493 e. The number of guanidine groups is 1. The molecule has 2 aliphatic rings. The van der Waals surface area contributed by atoms with Crippen LogP contribution in [0, 0.1) is 0 Å². The van der Waals surface area contributed by atoms with Gasteiger partial charge in [0.2, 0.25) is 5.91 Å². The summed E-state index contributed by atoms with van der Waals surface area (Å²) in [6, 6.07) is 8.28. The van der Waals surface area contributed by atoms with Crippen molar-refractivity contribution in [2.24, 2.45) is 10.7 Å². The molecule has 6 heteroatoms. The summed E-state index contributed by atoms with van der Waals surface area (Å²) in [6.07, 6.45) is 6.63. The first-order valence-electron chi connectivity index (χ1n) is 8.80. The molecule has 0 aromatic heterocycles. The Morgan fingerprint density at radius 2 is 1.96 bits per heavy atom. The molecular formula is C18H26N4O2. The van der Waals surface area contributed by atoms with Crippen molar-refractivity contribution in [2.75, 3.05) is 13.2 Å². The zero-order chi connectivity index (χ0) is 16.8. The van der Waals surface area contributed by atoms with Crippen LogP contribution in [0.1, 0.15) is 50.1 Å². The number of carbonyl (C=O) groups is 1. The summed E-state index contributed by atoms with van der Waals surface area (Å²) in [5.74, 6) is 1.12. The summed E-state index contributed by atoms with van der Waals surface area (Å²) in [4.78, 5) is 16.2. The van der Waals surface area contributed by atoms with E-state index in [1.807, 2.05) is 24.3 Å². The highest BCUT2D eigenvalue weighted by Crippen LogP contribution is 2.31. The SMILES string of the molecule is NC(=NCC(=O)NC1CCCCC1)NC1CCOc2ccccc21. The summed E-state index contributed by atoms with van der Waals surface area (Å²) in [5, 5.41) is 6.25. The van der Waals surface area contributed by atoms with Crippen LogP contribution in [0.25, 0.3) is 0 Å². The molecule has 1 heterocycles. The Morgan fingerprint density at radius 3 is 2.79 bits per heavy atom. The first-order chi connectivity index (χ1) is 11.7. The minimum absolute atomic E-state index is 0.0565. The van der Waals surface area contributed by atoms with Crippen molar-refractivity contribution < 1.29 is 9.53 Å². The largest absolute Gasteiger partial charge is 0.493 e. The standard InChI is InChI=1S/C18H26N4O2/c19-18(20-12-17(23)21-13-6-2-1-3-7-13)22-15-10-11-24-16-9-5-4-8-14(15)16/h4-5,8-9,13,15H,1-3,6-7,10-12H2,(H,21,23)(H3,19,20,22). The van der Waals surface area contributed by atoms with Crippen LogP contribution < -0.4 is 21.1 Å². The molecule has 24 heavy (non-hydrogen) atoms. The van der Waals surface area contributed by atoms with E-state index in [-0.39, 0.29) is 18.5 Å². The second-order valence-electron chi connectivity index (χ2n) is 6.48. The molecule has 6 nitrogen and oxygen atoms in total. The van der Waals surface area contributed by atoms with Gasteiger partial charge in [0, 0.05) is 18.0 Å². The topological polar surface area (TPSA) is 88.7 Å². The molecule has 130 valence electrons. The van der Waals surface area contributed by atoms with E-state index in [1.54, 1.807) is 0 Å². The van der Waals surface area contributed by atoms with Gasteiger partial charge in [-0.25, -0.2) is 4.99 Å². The number of hydrogen-bond acceptors (Lipinski definition) is 3. The van der Waals surface area contributed by atoms with Crippen molar-refractivity contribution in [3.8, 4) is 5.75 Å². The molecule has 1 unspecified atom stereocenters. The Bertz CT molecular complexity index is 596. The summed E-state index contributed by atoms with van der Waals surface area (Å²) in [6.45, 7) is 0.713. The van der Waals surface area contributed by atoms with E-state index < -0.39 is 0 Å². The lowest BCUT2D eigenvalue weighted by Crippen LogP contribution is -2.40. The third kappa shape index (κ3) is 4.40. The van der Waals surface area contributed by atoms with E-state index in [1.165, 1.54) is 19.3 Å². The van der Waals surface area contributed by atoms with Crippen LogP contribution in [0.15, 0.2) is 29.3 Å². The normalized spacial score (nSPS) is 21.5. The van der Waals surface area contributed by atoms with Crippen LogP contribution in [0.2, 0.25) is 0 Å². The summed E-state index contributed by atoms with van der Waals surface area (Å²) < 4.78 is 5.63. The number of hydrogen-bond donors (Lipinski definition) is 3. The highest BCUT2D eigenvalue weighted by molar-refractivity contribution is 5.84. The molecule has 1 amide bonds. The molecule has 1 aliphatic heterocycles. The van der Waals surface area contributed by atoms with Crippen molar-refractivity contribution in [3.05, 3.63) is 29.8 Å². The van der Waals surface area contributed by atoms with Gasteiger partial charge < -0.3 is 21.1 Å². The number of nitrogens with zero attached hydrogens (tertiary/aromatic N) is 1. The quantitative estimate of drug-likeness (QED) is 0.581. The van der Waals surface area contributed by atoms with E-state index >= 15 is 0 Å². The number of nitrogens with two attached hydrogens (primary N) is 1. The number of nitrogens with one attached hydrogen (secondary N) is 2. The molecule has 1 aliphatic carbocycles. The first kappa shape index (κ1) is 16.6. The molecule has 1 atom stereocenters. The number of rotatable bonds is 4. The maximum Gasteiger partial charge on any atom is 0.242 e. The number of fused-ring (bicyclic) bond motifs is 1. The summed E-state index contributed by atoms with van der Waals surface area (Å²) in [5.41, 5.74) is 7.04. The molecule has 1 fully saturated rings. The van der Waals surface area contributed by atoms with E-state index in [0.717, 1.165) is 30.6 Å². The second-order valence-corrected chi connectivity index (χ2v) is 6.48. The molecule has 4 N–H and O–H groups in total. The lowest BCUT2D eigenvalue weighted by atomic mass is 9.95. The third-order valence-corrected chi connectivity index (χ3v) is 4.64. The van der Waals surface area contributed by atoms with Crippen molar-refractivity contribution >= 4 is 11.9 Å². The van der Waals surface area contributed by atoms with Gasteiger partial charge in [0.25, 0.3) is 0 Å². The second kappa shape index (κ2) is 8.04. The maximum atomic E-state index is 12.0. The minimum atomic E-state index is -0.0565. The third-order valence-electron chi connectivity index (χ3n) is 4.64. The van der Waals surface area contributed by atoms with E-state index in [4.69, 9.17) is 10.5 Å². The van der Waals surface area contributed by atoms with E-state index in [0.29, 0.717) is 18.6 Å². The Kier molecular flexibility index (Phi) is 5.56. The van der Waals surface area contributed by atoms with Gasteiger partial charge in [-0.1, -0.05) is 37.5 Å². The van der Waals surface area contributed by atoms with Gasteiger partial charge in [0.1, 0.15) is 12.3 Å². The molecule has 0 spiro atoms. The highest BCUT2D eigenvalue weighted by atomic mass is 16.5. The van der Waals surface area contributed by atoms with Gasteiger partial charge in [0.15, 0.2) is 5.96 Å². The average molecular weight is 330 g/mol. The van der Waals surface area contributed by atoms with Crippen molar-refractivity contribution in [1.82, 2.24) is 10.6 Å². The van der Waals surface area contributed by atoms with Crippen LogP contribution >= 0.6 is 0 Å². The number of para-hydroxylation sites is 1. The Labute approximate surface area is 142 Å².